The minimum atomic E-state index is -1.42. The molecule has 20 heavy (non-hydrogen) atoms. The minimum Gasteiger partial charge on any atom is -0.507 e. The molecular formula is C13H16N2O5. The van der Waals surface area contributed by atoms with Crippen LogP contribution in [-0.4, -0.2) is 52.7 Å². The number of carbonyl (C=O) groups is 2. The second kappa shape index (κ2) is 5.01. The number of methoxy groups -OCH3 is 1. The van der Waals surface area contributed by atoms with Crippen LogP contribution in [0.15, 0.2) is 18.2 Å². The van der Waals surface area contributed by atoms with Gasteiger partial charge >= 0.3 is 5.97 Å². The Morgan fingerprint density at radius 3 is 2.65 bits per heavy atom. The SMILES string of the molecule is COc1ccc(C(=O)N2CCC(N)(C(=O)O)C2)c(O)c1. The van der Waals surface area contributed by atoms with Crippen LogP contribution in [0.3, 0.4) is 0 Å². The molecule has 1 aromatic rings. The van der Waals surface area contributed by atoms with E-state index in [1.54, 1.807) is 6.07 Å². The van der Waals surface area contributed by atoms with Crippen LogP contribution in [0, 0.1) is 0 Å². The van der Waals surface area contributed by atoms with Gasteiger partial charge in [-0.05, 0) is 18.6 Å². The van der Waals surface area contributed by atoms with Crippen LogP contribution in [0.1, 0.15) is 16.8 Å². The van der Waals surface area contributed by atoms with E-state index >= 15 is 0 Å². The second-order valence-corrected chi connectivity index (χ2v) is 4.82. The molecule has 0 saturated carbocycles. The number of hydrogen-bond acceptors (Lipinski definition) is 5. The number of amides is 1. The van der Waals surface area contributed by atoms with Gasteiger partial charge in [-0.25, -0.2) is 0 Å². The fourth-order valence-electron chi connectivity index (χ4n) is 2.17. The maximum atomic E-state index is 12.3. The molecule has 0 aromatic heterocycles. The predicted octanol–water partition coefficient (Wildman–Crippen LogP) is 0.0288. The molecule has 1 saturated heterocycles. The van der Waals surface area contributed by atoms with Crippen molar-refractivity contribution in [2.45, 2.75) is 12.0 Å². The van der Waals surface area contributed by atoms with Gasteiger partial charge in [-0.15, -0.1) is 0 Å². The Morgan fingerprint density at radius 2 is 2.15 bits per heavy atom. The van der Waals surface area contributed by atoms with Crippen LogP contribution in [0.25, 0.3) is 0 Å². The van der Waals surface area contributed by atoms with Crippen molar-refractivity contribution in [1.82, 2.24) is 4.90 Å². The average molecular weight is 280 g/mol. The number of nitrogens with two attached hydrogens (primary N) is 1. The van der Waals surface area contributed by atoms with Gasteiger partial charge in [0.05, 0.1) is 12.7 Å². The van der Waals surface area contributed by atoms with E-state index in [2.05, 4.69) is 0 Å². The lowest BCUT2D eigenvalue weighted by Gasteiger charge is -2.20. The number of ether oxygens (including phenoxy) is 1. The van der Waals surface area contributed by atoms with E-state index in [9.17, 15) is 14.7 Å². The highest BCUT2D eigenvalue weighted by Crippen LogP contribution is 2.27. The number of rotatable bonds is 3. The van der Waals surface area contributed by atoms with Crippen molar-refractivity contribution in [1.29, 1.82) is 0 Å². The molecule has 0 radical (unpaired) electrons. The summed E-state index contributed by atoms with van der Waals surface area (Å²) in [6.45, 7) is 0.166. The van der Waals surface area contributed by atoms with Crippen molar-refractivity contribution in [3.63, 3.8) is 0 Å². The zero-order valence-corrected chi connectivity index (χ0v) is 11.0. The topological polar surface area (TPSA) is 113 Å². The van der Waals surface area contributed by atoms with Gasteiger partial charge in [0.15, 0.2) is 0 Å². The van der Waals surface area contributed by atoms with E-state index in [0.29, 0.717) is 5.75 Å². The van der Waals surface area contributed by atoms with Crippen LogP contribution in [-0.2, 0) is 4.79 Å². The summed E-state index contributed by atoms with van der Waals surface area (Å²) in [5.41, 5.74) is 4.39. The first-order valence-electron chi connectivity index (χ1n) is 6.06. The third kappa shape index (κ3) is 2.39. The van der Waals surface area contributed by atoms with Gasteiger partial charge in [0.2, 0.25) is 0 Å². The highest BCUT2D eigenvalue weighted by Gasteiger charge is 2.43. The van der Waals surface area contributed by atoms with Crippen LogP contribution in [0.4, 0.5) is 0 Å². The molecule has 0 spiro atoms. The maximum Gasteiger partial charge on any atom is 0.325 e. The standard InChI is InChI=1S/C13H16N2O5/c1-20-8-2-3-9(10(16)6-8)11(17)15-5-4-13(14,7-15)12(18)19/h2-3,6,16H,4-5,7,14H2,1H3,(H,18,19). The number of nitrogens with zero attached hydrogens (tertiary/aromatic N) is 1. The van der Waals surface area contributed by atoms with Crippen molar-refractivity contribution in [3.05, 3.63) is 23.8 Å². The van der Waals surface area contributed by atoms with Crippen LogP contribution >= 0.6 is 0 Å². The second-order valence-electron chi connectivity index (χ2n) is 4.82. The molecule has 1 unspecified atom stereocenters. The Balaban J connectivity index is 2.19. The number of benzene rings is 1. The van der Waals surface area contributed by atoms with E-state index in [-0.39, 0.29) is 30.8 Å². The lowest BCUT2D eigenvalue weighted by atomic mass is 10.0. The molecule has 7 heteroatoms. The van der Waals surface area contributed by atoms with Crippen LogP contribution in [0.2, 0.25) is 0 Å². The third-order valence-electron chi connectivity index (χ3n) is 3.45. The summed E-state index contributed by atoms with van der Waals surface area (Å²) in [6, 6.07) is 4.32. The zero-order valence-electron chi connectivity index (χ0n) is 11.0. The quantitative estimate of drug-likeness (QED) is 0.720. The van der Waals surface area contributed by atoms with E-state index < -0.39 is 17.4 Å². The Labute approximate surface area is 115 Å². The van der Waals surface area contributed by atoms with Gasteiger partial charge in [-0.2, -0.15) is 0 Å². The van der Waals surface area contributed by atoms with Gasteiger partial charge in [0, 0.05) is 19.2 Å². The summed E-state index contributed by atoms with van der Waals surface area (Å²) in [4.78, 5) is 24.6. The Morgan fingerprint density at radius 1 is 1.45 bits per heavy atom. The smallest absolute Gasteiger partial charge is 0.325 e. The summed E-state index contributed by atoms with van der Waals surface area (Å²) in [7, 11) is 1.45. The Hall–Kier alpha value is -2.28. The lowest BCUT2D eigenvalue weighted by molar-refractivity contribution is -0.142. The van der Waals surface area contributed by atoms with Crippen molar-refractivity contribution < 1.29 is 24.5 Å². The summed E-state index contributed by atoms with van der Waals surface area (Å²) in [5, 5.41) is 18.9. The van der Waals surface area contributed by atoms with Crippen molar-refractivity contribution in [2.75, 3.05) is 20.2 Å². The Kier molecular flexibility index (Phi) is 3.54. The molecule has 1 aliphatic heterocycles. The lowest BCUT2D eigenvalue weighted by Crippen LogP contribution is -2.50. The fourth-order valence-corrected chi connectivity index (χ4v) is 2.17. The largest absolute Gasteiger partial charge is 0.507 e. The molecule has 1 amide bonds. The summed E-state index contributed by atoms with van der Waals surface area (Å²) in [5.74, 6) is -1.36. The molecule has 7 nitrogen and oxygen atoms in total. The maximum absolute atomic E-state index is 12.3. The third-order valence-corrected chi connectivity index (χ3v) is 3.45. The predicted molar refractivity (Wildman–Crippen MR) is 69.7 cm³/mol. The van der Waals surface area contributed by atoms with Gasteiger partial charge in [-0.1, -0.05) is 0 Å². The first-order chi connectivity index (χ1) is 9.37. The van der Waals surface area contributed by atoms with E-state index in [1.807, 2.05) is 0 Å². The van der Waals surface area contributed by atoms with Crippen molar-refractivity contribution in [3.8, 4) is 11.5 Å². The number of likely N-dealkylation sites (tertiary alicyclic amines) is 1. The van der Waals surface area contributed by atoms with Crippen molar-refractivity contribution >= 4 is 11.9 Å². The monoisotopic (exact) mass is 280 g/mol. The van der Waals surface area contributed by atoms with E-state index in [0.717, 1.165) is 0 Å². The Bertz CT molecular complexity index is 560. The highest BCUT2D eigenvalue weighted by molar-refractivity contribution is 5.98. The van der Waals surface area contributed by atoms with Gasteiger partial charge in [0.25, 0.3) is 5.91 Å². The molecule has 108 valence electrons. The first-order valence-corrected chi connectivity index (χ1v) is 6.06. The molecule has 1 fully saturated rings. The summed E-state index contributed by atoms with van der Waals surface area (Å²) >= 11 is 0. The zero-order chi connectivity index (χ0) is 14.9. The van der Waals surface area contributed by atoms with E-state index in [1.165, 1.54) is 24.1 Å². The number of phenolic OH excluding ortho intramolecular Hbond substituents is 1. The van der Waals surface area contributed by atoms with Gasteiger partial charge in [-0.3, -0.25) is 9.59 Å². The molecule has 1 heterocycles. The number of hydrogen-bond donors (Lipinski definition) is 3. The fraction of sp³-hybridized carbons (Fsp3) is 0.385. The summed E-state index contributed by atoms with van der Waals surface area (Å²) in [6.07, 6.45) is 0.186. The van der Waals surface area contributed by atoms with Crippen LogP contribution in [0.5, 0.6) is 11.5 Å². The number of carboxylic acids is 1. The van der Waals surface area contributed by atoms with Crippen molar-refractivity contribution in [2.24, 2.45) is 5.73 Å². The normalized spacial score (nSPS) is 21.8. The minimum absolute atomic E-state index is 0.0768. The van der Waals surface area contributed by atoms with Gasteiger partial charge < -0.3 is 25.6 Å². The molecular weight excluding hydrogens is 264 g/mol. The number of aromatic hydroxyl groups is 1. The average Bonchev–Trinajstić information content (AvgIpc) is 2.82. The molecule has 1 aliphatic rings. The first kappa shape index (κ1) is 14.1. The number of aliphatic carboxylic acids is 1. The van der Waals surface area contributed by atoms with Crippen LogP contribution < -0.4 is 10.5 Å². The molecule has 0 bridgehead atoms. The van der Waals surface area contributed by atoms with E-state index in [4.69, 9.17) is 15.6 Å². The molecule has 1 aromatic carbocycles. The number of carboxylic acid groups (broad SMARTS) is 1. The molecule has 2 rings (SSSR count). The number of phenols is 1. The molecule has 4 N–H and O–H groups in total. The van der Waals surface area contributed by atoms with Gasteiger partial charge in [0.1, 0.15) is 17.0 Å². The number of carbonyl (C=O) groups excluding carboxylic acids is 1. The summed E-state index contributed by atoms with van der Waals surface area (Å²) < 4.78 is 4.94. The highest BCUT2D eigenvalue weighted by atomic mass is 16.5. The molecule has 1 atom stereocenters. The molecule has 0 aliphatic carbocycles.